The molecule has 1 fully saturated rings. The molecule has 0 aliphatic heterocycles. The third-order valence-electron chi connectivity index (χ3n) is 6.13. The van der Waals surface area contributed by atoms with Gasteiger partial charge in [0, 0.05) is 11.1 Å². The molecule has 3 N–H and O–H groups in total. The van der Waals surface area contributed by atoms with Crippen LogP contribution in [0.25, 0.3) is 10.9 Å². The quantitative estimate of drug-likeness (QED) is 0.414. The highest BCUT2D eigenvalue weighted by Gasteiger charge is 2.21. The van der Waals surface area contributed by atoms with Crippen LogP contribution in [0.3, 0.4) is 0 Å². The van der Waals surface area contributed by atoms with Crippen molar-refractivity contribution in [3.05, 3.63) is 69.2 Å². The largest absolute Gasteiger partial charge is 0.349 e. The van der Waals surface area contributed by atoms with Crippen LogP contribution in [0.2, 0.25) is 5.02 Å². The first kappa shape index (κ1) is 24.9. The average molecular weight is 496 g/mol. The maximum absolute atomic E-state index is 12.9. The Kier molecular flexibility index (Phi) is 8.15. The lowest BCUT2D eigenvalue weighted by Crippen LogP contribution is -2.36. The topological polar surface area (TPSA) is 107 Å². The Morgan fingerprint density at radius 1 is 1.17 bits per heavy atom. The zero-order valence-electron chi connectivity index (χ0n) is 19.8. The fourth-order valence-electron chi connectivity index (χ4n) is 4.49. The Bertz CT molecular complexity index is 1270. The highest BCUT2D eigenvalue weighted by molar-refractivity contribution is 6.31. The number of benzene rings is 2. The number of halogens is 1. The van der Waals surface area contributed by atoms with E-state index in [4.69, 9.17) is 11.6 Å². The minimum Gasteiger partial charge on any atom is -0.349 e. The van der Waals surface area contributed by atoms with Crippen LogP contribution in [0.1, 0.15) is 55.2 Å². The van der Waals surface area contributed by atoms with Gasteiger partial charge < -0.3 is 15.6 Å². The van der Waals surface area contributed by atoms with Crippen LogP contribution >= 0.6 is 11.6 Å². The zero-order valence-corrected chi connectivity index (χ0v) is 20.5. The van der Waals surface area contributed by atoms with Crippen molar-refractivity contribution in [2.75, 3.05) is 18.4 Å². The van der Waals surface area contributed by atoms with E-state index in [0.717, 1.165) is 32.1 Å². The second-order valence-electron chi connectivity index (χ2n) is 8.93. The van der Waals surface area contributed by atoms with E-state index >= 15 is 0 Å². The highest BCUT2D eigenvalue weighted by atomic mass is 35.5. The molecule has 0 radical (unpaired) electrons. The van der Waals surface area contributed by atoms with E-state index in [2.05, 4.69) is 20.6 Å². The summed E-state index contributed by atoms with van der Waals surface area (Å²) >= 11 is 6.06. The summed E-state index contributed by atoms with van der Waals surface area (Å²) in [7, 11) is 0. The molecule has 1 saturated carbocycles. The first-order valence-electron chi connectivity index (χ1n) is 12.0. The maximum atomic E-state index is 12.9. The van der Waals surface area contributed by atoms with Crippen LogP contribution in [-0.2, 0) is 11.3 Å². The average Bonchev–Trinajstić information content (AvgIpc) is 3.32. The number of anilines is 1. The van der Waals surface area contributed by atoms with Crippen LogP contribution in [0.4, 0.5) is 5.69 Å². The van der Waals surface area contributed by atoms with Gasteiger partial charge in [0.15, 0.2) is 0 Å². The van der Waals surface area contributed by atoms with Crippen molar-refractivity contribution < 1.29 is 9.59 Å². The summed E-state index contributed by atoms with van der Waals surface area (Å²) in [5, 5.41) is 6.93. The number of amides is 2. The molecule has 2 amide bonds. The summed E-state index contributed by atoms with van der Waals surface area (Å²) in [6, 6.07) is 12.2. The minimum absolute atomic E-state index is 0.0870. The summed E-state index contributed by atoms with van der Waals surface area (Å²) in [5.74, 6) is 0.0444. The van der Waals surface area contributed by atoms with E-state index in [0.29, 0.717) is 46.1 Å². The standard InChI is InChI=1S/C26H30ClN5O3/c1-2-13-32(15-23-29-22-14-17(27)11-12-20(22)26(35)31-23)16-24(33)30-21-10-6-5-9-19(21)25(34)28-18-7-3-4-8-18/h5-6,9-12,14,18H,2-4,7-8,13,15-16H2,1H3,(H,28,34)(H,30,33)(H,29,31,35). The third-order valence-corrected chi connectivity index (χ3v) is 6.37. The second kappa shape index (κ2) is 11.5. The predicted octanol–water partition coefficient (Wildman–Crippen LogP) is 4.10. The number of rotatable bonds is 9. The first-order chi connectivity index (χ1) is 16.9. The second-order valence-corrected chi connectivity index (χ2v) is 9.37. The van der Waals surface area contributed by atoms with Crippen LogP contribution < -0.4 is 16.2 Å². The van der Waals surface area contributed by atoms with E-state index < -0.39 is 0 Å². The van der Waals surface area contributed by atoms with Crippen LogP contribution in [0.5, 0.6) is 0 Å². The molecular weight excluding hydrogens is 466 g/mol. The van der Waals surface area contributed by atoms with Crippen LogP contribution in [0, 0.1) is 0 Å². The summed E-state index contributed by atoms with van der Waals surface area (Å²) in [4.78, 5) is 47.5. The fraction of sp³-hybridized carbons (Fsp3) is 0.385. The Balaban J connectivity index is 1.45. The molecule has 3 aromatic rings. The summed E-state index contributed by atoms with van der Waals surface area (Å²) in [6.07, 6.45) is 5.05. The number of aromatic amines is 1. The van der Waals surface area contributed by atoms with Gasteiger partial charge in [0.1, 0.15) is 5.82 Å². The van der Waals surface area contributed by atoms with E-state index in [1.807, 2.05) is 11.8 Å². The molecule has 184 valence electrons. The Hall–Kier alpha value is -3.23. The van der Waals surface area contributed by atoms with Gasteiger partial charge in [-0.05, 0) is 56.1 Å². The Labute approximate surface area is 209 Å². The minimum atomic E-state index is -0.246. The number of hydrogen-bond acceptors (Lipinski definition) is 5. The monoisotopic (exact) mass is 495 g/mol. The number of H-pyrrole nitrogens is 1. The Morgan fingerprint density at radius 3 is 2.71 bits per heavy atom. The normalized spacial score (nSPS) is 13.9. The zero-order chi connectivity index (χ0) is 24.8. The van der Waals surface area contributed by atoms with Crippen molar-refractivity contribution in [2.24, 2.45) is 0 Å². The number of aromatic nitrogens is 2. The lowest BCUT2D eigenvalue weighted by Gasteiger charge is -2.21. The molecule has 1 aromatic heterocycles. The molecule has 0 spiro atoms. The van der Waals surface area contributed by atoms with Crippen molar-refractivity contribution in [3.8, 4) is 0 Å². The van der Waals surface area contributed by atoms with Gasteiger partial charge in [-0.15, -0.1) is 0 Å². The fourth-order valence-corrected chi connectivity index (χ4v) is 4.66. The maximum Gasteiger partial charge on any atom is 0.258 e. The molecule has 0 unspecified atom stereocenters. The smallest absolute Gasteiger partial charge is 0.258 e. The number of nitrogens with zero attached hydrogens (tertiary/aromatic N) is 2. The van der Waals surface area contributed by atoms with Gasteiger partial charge in [0.05, 0.1) is 35.2 Å². The van der Waals surface area contributed by atoms with Gasteiger partial charge in [-0.3, -0.25) is 19.3 Å². The number of carbonyl (C=O) groups is 2. The van der Waals surface area contributed by atoms with Crippen molar-refractivity contribution in [3.63, 3.8) is 0 Å². The van der Waals surface area contributed by atoms with Crippen LogP contribution in [-0.4, -0.2) is 45.8 Å². The van der Waals surface area contributed by atoms with Crippen molar-refractivity contribution >= 4 is 40.0 Å². The molecular formula is C26H30ClN5O3. The van der Waals surface area contributed by atoms with E-state index in [9.17, 15) is 14.4 Å². The highest BCUT2D eigenvalue weighted by Crippen LogP contribution is 2.20. The van der Waals surface area contributed by atoms with E-state index in [-0.39, 0.29) is 30.0 Å². The van der Waals surface area contributed by atoms with Gasteiger partial charge in [0.2, 0.25) is 5.91 Å². The molecule has 0 atom stereocenters. The van der Waals surface area contributed by atoms with Crippen molar-refractivity contribution in [2.45, 2.75) is 51.6 Å². The first-order valence-corrected chi connectivity index (χ1v) is 12.4. The van der Waals surface area contributed by atoms with Gasteiger partial charge in [0.25, 0.3) is 11.5 Å². The van der Waals surface area contributed by atoms with Crippen LogP contribution in [0.15, 0.2) is 47.3 Å². The number of para-hydroxylation sites is 1. The predicted molar refractivity (Wildman–Crippen MR) is 138 cm³/mol. The molecule has 1 aliphatic carbocycles. The number of hydrogen-bond donors (Lipinski definition) is 3. The molecule has 4 rings (SSSR count). The number of carbonyl (C=O) groups excluding carboxylic acids is 2. The van der Waals surface area contributed by atoms with Gasteiger partial charge in [-0.1, -0.05) is 43.5 Å². The number of fused-ring (bicyclic) bond motifs is 1. The summed E-state index contributed by atoms with van der Waals surface area (Å²) in [5.41, 5.74) is 1.20. The number of nitrogens with one attached hydrogen (secondary N) is 3. The SMILES string of the molecule is CCCN(CC(=O)Nc1ccccc1C(=O)NC1CCCC1)Cc1nc2cc(Cl)ccc2c(=O)[nH]1. The lowest BCUT2D eigenvalue weighted by atomic mass is 10.1. The van der Waals surface area contributed by atoms with E-state index in [1.54, 1.807) is 42.5 Å². The van der Waals surface area contributed by atoms with Gasteiger partial charge in [-0.25, -0.2) is 4.98 Å². The molecule has 35 heavy (non-hydrogen) atoms. The summed E-state index contributed by atoms with van der Waals surface area (Å²) in [6.45, 7) is 3.03. The molecule has 0 bridgehead atoms. The van der Waals surface area contributed by atoms with Gasteiger partial charge in [-0.2, -0.15) is 0 Å². The molecule has 2 aromatic carbocycles. The van der Waals surface area contributed by atoms with Crippen molar-refractivity contribution in [1.82, 2.24) is 20.2 Å². The van der Waals surface area contributed by atoms with Gasteiger partial charge >= 0.3 is 0 Å². The molecule has 1 heterocycles. The van der Waals surface area contributed by atoms with E-state index in [1.165, 1.54) is 0 Å². The Morgan fingerprint density at radius 2 is 1.94 bits per heavy atom. The molecule has 0 saturated heterocycles. The lowest BCUT2D eigenvalue weighted by molar-refractivity contribution is -0.117. The molecule has 9 heteroatoms. The van der Waals surface area contributed by atoms with Crippen molar-refractivity contribution in [1.29, 1.82) is 0 Å². The molecule has 8 nitrogen and oxygen atoms in total. The summed E-state index contributed by atoms with van der Waals surface area (Å²) < 4.78 is 0. The third kappa shape index (κ3) is 6.46. The molecule has 1 aliphatic rings.